The summed E-state index contributed by atoms with van der Waals surface area (Å²) in [6.07, 6.45) is 4.06. The number of hydrogen-bond donors (Lipinski definition) is 3. The van der Waals surface area contributed by atoms with E-state index >= 15 is 0 Å². The Balaban J connectivity index is 1.65. The van der Waals surface area contributed by atoms with E-state index in [9.17, 15) is 24.9 Å². The first-order valence-corrected chi connectivity index (χ1v) is 14.1. The van der Waals surface area contributed by atoms with Crippen molar-refractivity contribution in [2.75, 3.05) is 40.1 Å². The second-order valence-electron chi connectivity index (χ2n) is 10.5. The molecule has 11 heteroatoms. The third-order valence-corrected chi connectivity index (χ3v) is 7.98. The number of rotatable bonds is 14. The van der Waals surface area contributed by atoms with Gasteiger partial charge in [0.15, 0.2) is 23.3 Å². The Morgan fingerprint density at radius 2 is 1.75 bits per heavy atom. The predicted octanol–water partition coefficient (Wildman–Crippen LogP) is 3.62. The number of ether oxygens (including phenoxy) is 3. The van der Waals surface area contributed by atoms with Gasteiger partial charge >= 0.3 is 5.97 Å². The fourth-order valence-corrected chi connectivity index (χ4v) is 5.82. The Bertz CT molecular complexity index is 1150. The second-order valence-corrected chi connectivity index (χ2v) is 10.5. The molecule has 3 atom stereocenters. The predicted molar refractivity (Wildman–Crippen MR) is 147 cm³/mol. The van der Waals surface area contributed by atoms with Crippen LogP contribution in [0.5, 0.6) is 29.0 Å². The lowest BCUT2D eigenvalue weighted by Crippen LogP contribution is -2.45. The molecule has 0 spiro atoms. The average Bonchev–Trinajstić information content (AvgIpc) is 3.64. The number of nitrogens with zero attached hydrogens (tertiary/aromatic N) is 3. The van der Waals surface area contributed by atoms with E-state index in [2.05, 4.69) is 13.8 Å². The smallest absolute Gasteiger partial charge is 0.308 e. The highest BCUT2D eigenvalue weighted by Crippen LogP contribution is 2.47. The number of benzene rings is 1. The lowest BCUT2D eigenvalue weighted by molar-refractivity contribution is -0.144. The first-order valence-electron chi connectivity index (χ1n) is 14.1. The van der Waals surface area contributed by atoms with Gasteiger partial charge in [-0.3, -0.25) is 19.1 Å². The Kier molecular flexibility index (Phi) is 9.67. The maximum Gasteiger partial charge on any atom is 0.308 e. The van der Waals surface area contributed by atoms with Crippen molar-refractivity contribution in [2.24, 2.45) is 5.92 Å². The van der Waals surface area contributed by atoms with E-state index < -0.39 is 23.8 Å². The molecular weight excluding hydrogens is 518 g/mol. The number of aromatic hydroxyl groups is 2. The van der Waals surface area contributed by atoms with Gasteiger partial charge < -0.3 is 34.4 Å². The Morgan fingerprint density at radius 3 is 2.35 bits per heavy atom. The highest BCUT2D eigenvalue weighted by Gasteiger charge is 2.47. The molecule has 2 aliphatic rings. The van der Waals surface area contributed by atoms with Crippen LogP contribution in [0, 0.1) is 5.92 Å². The van der Waals surface area contributed by atoms with E-state index in [4.69, 9.17) is 14.2 Å². The summed E-state index contributed by atoms with van der Waals surface area (Å²) < 4.78 is 18.0. The number of amides is 1. The molecule has 1 aromatic heterocycles. The summed E-state index contributed by atoms with van der Waals surface area (Å²) in [6.45, 7) is 6.20. The van der Waals surface area contributed by atoms with Crippen LogP contribution in [0.1, 0.15) is 57.4 Å². The molecule has 0 saturated carbocycles. The van der Waals surface area contributed by atoms with Gasteiger partial charge in [0, 0.05) is 50.3 Å². The minimum atomic E-state index is -0.976. The van der Waals surface area contributed by atoms with Gasteiger partial charge in [-0.15, -0.1) is 0 Å². The molecule has 11 nitrogen and oxygen atoms in total. The van der Waals surface area contributed by atoms with Crippen molar-refractivity contribution >= 4 is 11.9 Å². The Morgan fingerprint density at radius 1 is 1.07 bits per heavy atom. The zero-order chi connectivity index (χ0) is 28.8. The molecular formula is C29H41N3O8. The molecule has 0 bridgehead atoms. The Labute approximate surface area is 234 Å². The molecule has 220 valence electrons. The number of likely N-dealkylation sites (tertiary alicyclic amines) is 1. The van der Waals surface area contributed by atoms with Gasteiger partial charge in [-0.25, -0.2) is 0 Å². The number of methoxy groups -OCH3 is 1. The van der Waals surface area contributed by atoms with Crippen molar-refractivity contribution in [2.45, 2.75) is 64.5 Å². The van der Waals surface area contributed by atoms with Crippen molar-refractivity contribution < 1.29 is 39.1 Å². The zero-order valence-electron chi connectivity index (χ0n) is 23.5. The van der Waals surface area contributed by atoms with Crippen LogP contribution < -0.4 is 14.2 Å². The maximum absolute atomic E-state index is 13.6. The number of carboxylic acid groups (broad SMARTS) is 1. The third-order valence-electron chi connectivity index (χ3n) is 7.98. The molecule has 3 heterocycles. The molecule has 2 aliphatic heterocycles. The van der Waals surface area contributed by atoms with Crippen molar-refractivity contribution in [3.05, 3.63) is 29.8 Å². The normalized spacial score (nSPS) is 20.1. The summed E-state index contributed by atoms with van der Waals surface area (Å²) in [4.78, 5) is 30.2. The van der Waals surface area contributed by atoms with Crippen LogP contribution in [0.3, 0.4) is 0 Å². The van der Waals surface area contributed by atoms with E-state index in [1.54, 1.807) is 12.1 Å². The fourth-order valence-electron chi connectivity index (χ4n) is 5.82. The summed E-state index contributed by atoms with van der Waals surface area (Å²) in [5.74, 6) is -1.06. The fraction of sp³-hybridized carbons (Fsp3) is 0.586. The number of carbonyl (C=O) groups is 2. The van der Waals surface area contributed by atoms with Gasteiger partial charge in [-0.1, -0.05) is 26.7 Å². The molecule has 0 radical (unpaired) electrons. The number of aromatic nitrogens is 1. The summed E-state index contributed by atoms with van der Waals surface area (Å²) in [7, 11) is 1.52. The number of unbranched alkanes of at least 4 members (excludes halogenated alkanes) is 2. The summed E-state index contributed by atoms with van der Waals surface area (Å²) in [5, 5.41) is 30.8. The SMILES string of the molecule is CCCCN(CCCC)C(=O)CN1C[C@H](c2cc(OC)c3c(c2)OCO3)[C@@H](C(=O)O)[C@@H]1CCn1c(O)ccc1O. The lowest BCUT2D eigenvalue weighted by Gasteiger charge is -2.30. The summed E-state index contributed by atoms with van der Waals surface area (Å²) in [5.41, 5.74) is 0.730. The molecule has 1 aromatic carbocycles. The van der Waals surface area contributed by atoms with Gasteiger partial charge in [0.25, 0.3) is 0 Å². The zero-order valence-corrected chi connectivity index (χ0v) is 23.5. The van der Waals surface area contributed by atoms with Crippen LogP contribution >= 0.6 is 0 Å². The van der Waals surface area contributed by atoms with Crippen LogP contribution in [-0.2, 0) is 16.1 Å². The van der Waals surface area contributed by atoms with Crippen molar-refractivity contribution in [1.29, 1.82) is 0 Å². The standard InChI is InChI=1S/C29H41N3O8/c1-4-6-11-30(12-7-5-2)26(35)17-31-16-20(19-14-22(38-3)28-23(15-19)39-18-40-28)27(29(36)37)21(31)10-13-32-24(33)8-9-25(32)34/h8-9,14-15,20-21,27,33-34H,4-7,10-13,16-18H2,1-3H3,(H,36,37)/t20-,21+,27-/m1/s1. The Hall–Kier alpha value is -3.60. The quantitative estimate of drug-likeness (QED) is 0.317. The van der Waals surface area contributed by atoms with Crippen LogP contribution in [0.4, 0.5) is 0 Å². The van der Waals surface area contributed by atoms with Crippen molar-refractivity contribution in [1.82, 2.24) is 14.4 Å². The minimum absolute atomic E-state index is 0.0217. The van der Waals surface area contributed by atoms with Crippen LogP contribution in [-0.4, -0.2) is 87.7 Å². The molecule has 1 saturated heterocycles. The topological polar surface area (TPSA) is 134 Å². The lowest BCUT2D eigenvalue weighted by atomic mass is 9.84. The number of hydrogen-bond acceptors (Lipinski definition) is 8. The highest BCUT2D eigenvalue weighted by molar-refractivity contribution is 5.79. The number of aliphatic carboxylic acids is 1. The molecule has 0 aliphatic carbocycles. The summed E-state index contributed by atoms with van der Waals surface area (Å²) >= 11 is 0. The van der Waals surface area contributed by atoms with E-state index in [0.29, 0.717) is 43.3 Å². The van der Waals surface area contributed by atoms with Gasteiger partial charge in [-0.05, 0) is 37.0 Å². The first-order chi connectivity index (χ1) is 19.3. The number of carbonyl (C=O) groups excluding carboxylic acids is 1. The van der Waals surface area contributed by atoms with E-state index in [1.165, 1.54) is 23.8 Å². The number of fused-ring (bicyclic) bond motifs is 1. The minimum Gasteiger partial charge on any atom is -0.494 e. The van der Waals surface area contributed by atoms with Crippen molar-refractivity contribution in [3.8, 4) is 29.0 Å². The van der Waals surface area contributed by atoms with Gasteiger partial charge in [0.1, 0.15) is 0 Å². The molecule has 1 fully saturated rings. The van der Waals surface area contributed by atoms with Crippen LogP contribution in [0.15, 0.2) is 24.3 Å². The number of carboxylic acids is 1. The van der Waals surface area contributed by atoms with Crippen molar-refractivity contribution in [3.63, 3.8) is 0 Å². The first kappa shape index (κ1) is 29.4. The van der Waals surface area contributed by atoms with Crippen LogP contribution in [0.25, 0.3) is 0 Å². The maximum atomic E-state index is 13.6. The van der Waals surface area contributed by atoms with Gasteiger partial charge in [-0.2, -0.15) is 0 Å². The van der Waals surface area contributed by atoms with E-state index in [-0.39, 0.29) is 37.5 Å². The second kappa shape index (κ2) is 13.2. The molecule has 0 unspecified atom stereocenters. The largest absolute Gasteiger partial charge is 0.494 e. The average molecular weight is 560 g/mol. The van der Waals surface area contributed by atoms with E-state index in [0.717, 1.165) is 31.2 Å². The van der Waals surface area contributed by atoms with Gasteiger partial charge in [0.05, 0.1) is 19.6 Å². The molecule has 2 aromatic rings. The summed E-state index contributed by atoms with van der Waals surface area (Å²) in [6, 6.07) is 5.84. The van der Waals surface area contributed by atoms with Crippen LogP contribution in [0.2, 0.25) is 0 Å². The molecule has 40 heavy (non-hydrogen) atoms. The third kappa shape index (κ3) is 6.24. The van der Waals surface area contributed by atoms with Gasteiger partial charge in [0.2, 0.25) is 18.4 Å². The molecule has 3 N–H and O–H groups in total. The molecule has 4 rings (SSSR count). The molecule has 1 amide bonds. The van der Waals surface area contributed by atoms with E-state index in [1.807, 2.05) is 9.80 Å². The highest BCUT2D eigenvalue weighted by atomic mass is 16.7. The monoisotopic (exact) mass is 559 g/mol.